The van der Waals surface area contributed by atoms with Gasteiger partial charge in [-0.25, -0.2) is 0 Å². The molecule has 88 valence electrons. The van der Waals surface area contributed by atoms with E-state index in [2.05, 4.69) is 10.6 Å². The molecule has 2 heterocycles. The normalized spacial score (nSPS) is 23.6. The first kappa shape index (κ1) is 11.2. The number of carbonyl (C=O) groups excluding carboxylic acids is 1. The number of carbonyl (C=O) groups is 1. The van der Waals surface area contributed by atoms with Crippen LogP contribution in [0.4, 0.5) is 0 Å². The molecule has 2 atom stereocenters. The van der Waals surface area contributed by atoms with E-state index in [-0.39, 0.29) is 18.0 Å². The molecule has 0 aliphatic carbocycles. The van der Waals surface area contributed by atoms with Crippen molar-refractivity contribution in [2.24, 2.45) is 0 Å². The lowest BCUT2D eigenvalue weighted by Crippen LogP contribution is -2.43. The molecule has 16 heavy (non-hydrogen) atoms. The van der Waals surface area contributed by atoms with Gasteiger partial charge >= 0.3 is 0 Å². The molecule has 4 heteroatoms. The van der Waals surface area contributed by atoms with Crippen LogP contribution in [0.3, 0.4) is 0 Å². The Kier molecular flexibility index (Phi) is 3.62. The van der Waals surface area contributed by atoms with Crippen LogP contribution in [0.25, 0.3) is 0 Å². The van der Waals surface area contributed by atoms with Gasteiger partial charge in [-0.15, -0.1) is 0 Å². The summed E-state index contributed by atoms with van der Waals surface area (Å²) in [6.07, 6.45) is 4.71. The maximum Gasteiger partial charge on any atom is 0.237 e. The first-order valence-corrected chi connectivity index (χ1v) is 5.84. The summed E-state index contributed by atoms with van der Waals surface area (Å²) in [4.78, 5) is 11.7. The lowest BCUT2D eigenvalue weighted by atomic mass is 10.1. The predicted octanol–water partition coefficient (Wildman–Crippen LogP) is 1.60. The van der Waals surface area contributed by atoms with Gasteiger partial charge < -0.3 is 9.73 Å². The molecule has 0 radical (unpaired) electrons. The minimum Gasteiger partial charge on any atom is -0.468 e. The monoisotopic (exact) mass is 222 g/mol. The van der Waals surface area contributed by atoms with Gasteiger partial charge in [-0.05, 0) is 38.3 Å². The van der Waals surface area contributed by atoms with Crippen molar-refractivity contribution in [1.82, 2.24) is 10.6 Å². The van der Waals surface area contributed by atoms with Crippen LogP contribution < -0.4 is 10.6 Å². The highest BCUT2D eigenvalue weighted by Crippen LogP contribution is 2.15. The molecule has 0 bridgehead atoms. The third-order valence-electron chi connectivity index (χ3n) is 2.96. The smallest absolute Gasteiger partial charge is 0.237 e. The van der Waals surface area contributed by atoms with Crippen molar-refractivity contribution in [3.8, 4) is 0 Å². The Morgan fingerprint density at radius 2 is 2.44 bits per heavy atom. The van der Waals surface area contributed by atoms with Gasteiger partial charge in [0, 0.05) is 6.54 Å². The van der Waals surface area contributed by atoms with Crippen LogP contribution in [0, 0.1) is 0 Å². The summed E-state index contributed by atoms with van der Waals surface area (Å²) in [5, 5.41) is 6.22. The molecular weight excluding hydrogens is 204 g/mol. The van der Waals surface area contributed by atoms with Gasteiger partial charge in [-0.3, -0.25) is 10.1 Å². The molecule has 1 fully saturated rings. The Hall–Kier alpha value is -1.29. The van der Waals surface area contributed by atoms with Gasteiger partial charge in [-0.1, -0.05) is 0 Å². The van der Waals surface area contributed by atoms with Crippen molar-refractivity contribution in [2.45, 2.75) is 38.3 Å². The van der Waals surface area contributed by atoms with E-state index in [1.807, 2.05) is 19.1 Å². The fraction of sp³-hybridized carbons (Fsp3) is 0.583. The van der Waals surface area contributed by atoms with Gasteiger partial charge in [0.15, 0.2) is 0 Å². The van der Waals surface area contributed by atoms with Gasteiger partial charge in [0.25, 0.3) is 0 Å². The zero-order chi connectivity index (χ0) is 11.4. The quantitative estimate of drug-likeness (QED) is 0.816. The highest BCUT2D eigenvalue weighted by atomic mass is 16.3. The summed E-state index contributed by atoms with van der Waals surface area (Å²) in [7, 11) is 0. The molecule has 1 aromatic rings. The SMILES string of the molecule is C[C@H](NC1CCCCNC1=O)c1ccco1. The zero-order valence-electron chi connectivity index (χ0n) is 9.53. The average Bonchev–Trinajstić information content (AvgIpc) is 2.73. The second-order valence-electron chi connectivity index (χ2n) is 4.24. The molecule has 1 aliphatic heterocycles. The van der Waals surface area contributed by atoms with E-state index in [0.29, 0.717) is 0 Å². The molecule has 1 aliphatic rings. The van der Waals surface area contributed by atoms with Gasteiger partial charge in [0.2, 0.25) is 5.91 Å². The van der Waals surface area contributed by atoms with Crippen molar-refractivity contribution in [3.63, 3.8) is 0 Å². The van der Waals surface area contributed by atoms with Crippen molar-refractivity contribution < 1.29 is 9.21 Å². The minimum atomic E-state index is -0.0948. The van der Waals surface area contributed by atoms with Crippen molar-refractivity contribution in [3.05, 3.63) is 24.2 Å². The van der Waals surface area contributed by atoms with Crippen LogP contribution in [0.15, 0.2) is 22.8 Å². The Bertz CT molecular complexity index is 335. The van der Waals surface area contributed by atoms with Crippen LogP contribution in [0.1, 0.15) is 38.0 Å². The maximum absolute atomic E-state index is 11.7. The fourth-order valence-corrected chi connectivity index (χ4v) is 2.02. The zero-order valence-corrected chi connectivity index (χ0v) is 9.53. The number of hydrogen-bond acceptors (Lipinski definition) is 3. The Balaban J connectivity index is 1.94. The largest absolute Gasteiger partial charge is 0.468 e. The van der Waals surface area contributed by atoms with E-state index in [1.165, 1.54) is 0 Å². The first-order valence-electron chi connectivity index (χ1n) is 5.84. The lowest BCUT2D eigenvalue weighted by molar-refractivity contribution is -0.123. The predicted molar refractivity (Wildman–Crippen MR) is 60.9 cm³/mol. The molecule has 1 amide bonds. The van der Waals surface area contributed by atoms with E-state index >= 15 is 0 Å². The third-order valence-corrected chi connectivity index (χ3v) is 2.96. The highest BCUT2D eigenvalue weighted by Gasteiger charge is 2.23. The standard InChI is InChI=1S/C12H18N2O2/c1-9(11-6-4-8-16-11)14-10-5-2-3-7-13-12(10)15/h4,6,8-10,14H,2-3,5,7H2,1H3,(H,13,15)/t9-,10?/m0/s1. The number of hydrogen-bond donors (Lipinski definition) is 2. The van der Waals surface area contributed by atoms with E-state index < -0.39 is 0 Å². The molecular formula is C12H18N2O2. The van der Waals surface area contributed by atoms with Crippen molar-refractivity contribution in [1.29, 1.82) is 0 Å². The number of amides is 1. The highest BCUT2D eigenvalue weighted by molar-refractivity contribution is 5.81. The summed E-state index contributed by atoms with van der Waals surface area (Å²) in [6.45, 7) is 2.81. The topological polar surface area (TPSA) is 54.3 Å². The van der Waals surface area contributed by atoms with Crippen LogP contribution in [-0.2, 0) is 4.79 Å². The summed E-state index contributed by atoms with van der Waals surface area (Å²) >= 11 is 0. The van der Waals surface area contributed by atoms with Crippen LogP contribution in [0.2, 0.25) is 0 Å². The van der Waals surface area contributed by atoms with E-state index in [4.69, 9.17) is 4.42 Å². The molecule has 1 saturated heterocycles. The molecule has 2 N–H and O–H groups in total. The van der Waals surface area contributed by atoms with Gasteiger partial charge in [-0.2, -0.15) is 0 Å². The van der Waals surface area contributed by atoms with E-state index in [9.17, 15) is 4.79 Å². The second-order valence-corrected chi connectivity index (χ2v) is 4.24. The summed E-state index contributed by atoms with van der Waals surface area (Å²) in [5.41, 5.74) is 0. The van der Waals surface area contributed by atoms with Crippen LogP contribution >= 0.6 is 0 Å². The molecule has 1 aromatic heterocycles. The number of rotatable bonds is 3. The Morgan fingerprint density at radius 3 is 3.19 bits per heavy atom. The lowest BCUT2D eigenvalue weighted by Gasteiger charge is -2.19. The van der Waals surface area contributed by atoms with Gasteiger partial charge in [0.1, 0.15) is 5.76 Å². The average molecular weight is 222 g/mol. The number of furan rings is 1. The fourth-order valence-electron chi connectivity index (χ4n) is 2.02. The number of nitrogens with one attached hydrogen (secondary N) is 2. The Labute approximate surface area is 95.4 Å². The van der Waals surface area contributed by atoms with Crippen LogP contribution in [-0.4, -0.2) is 18.5 Å². The molecule has 4 nitrogen and oxygen atoms in total. The summed E-state index contributed by atoms with van der Waals surface area (Å²) in [5.74, 6) is 0.980. The second kappa shape index (κ2) is 5.16. The summed E-state index contributed by atoms with van der Waals surface area (Å²) < 4.78 is 5.31. The first-order chi connectivity index (χ1) is 7.77. The molecule has 2 rings (SSSR count). The molecule has 0 saturated carbocycles. The minimum absolute atomic E-state index is 0.0730. The maximum atomic E-state index is 11.7. The summed E-state index contributed by atoms with van der Waals surface area (Å²) in [6, 6.07) is 3.76. The molecule has 0 spiro atoms. The molecule has 0 aromatic carbocycles. The molecule has 1 unspecified atom stereocenters. The third kappa shape index (κ3) is 2.64. The van der Waals surface area contributed by atoms with Crippen molar-refractivity contribution in [2.75, 3.05) is 6.54 Å². The van der Waals surface area contributed by atoms with Gasteiger partial charge in [0.05, 0.1) is 18.3 Å². The van der Waals surface area contributed by atoms with E-state index in [1.54, 1.807) is 6.26 Å². The van der Waals surface area contributed by atoms with Crippen molar-refractivity contribution >= 4 is 5.91 Å². The van der Waals surface area contributed by atoms with Crippen LogP contribution in [0.5, 0.6) is 0 Å². The van der Waals surface area contributed by atoms with E-state index in [0.717, 1.165) is 31.6 Å². The Morgan fingerprint density at radius 1 is 1.56 bits per heavy atom.